The first-order valence-electron chi connectivity index (χ1n) is 5.28. The number of anilines is 2. The molecule has 1 heterocycles. The van der Waals surface area contributed by atoms with E-state index >= 15 is 0 Å². The summed E-state index contributed by atoms with van der Waals surface area (Å²) in [7, 11) is 0. The van der Waals surface area contributed by atoms with Crippen LogP contribution < -0.4 is 11.1 Å². The van der Waals surface area contributed by atoms with Crippen molar-refractivity contribution in [2.45, 2.75) is 12.8 Å². The third kappa shape index (κ3) is 2.39. The van der Waals surface area contributed by atoms with Crippen molar-refractivity contribution in [2.24, 2.45) is 0 Å². The summed E-state index contributed by atoms with van der Waals surface area (Å²) in [6.07, 6.45) is 2.16. The highest BCUT2D eigenvalue weighted by Gasteiger charge is 2.17. The van der Waals surface area contributed by atoms with Crippen LogP contribution >= 0.6 is 11.6 Å². The SMILES string of the molecule is Nc1ccc(NC(=O)N2CCCC2)cc1Cl. The van der Waals surface area contributed by atoms with Crippen molar-refractivity contribution in [3.8, 4) is 0 Å². The highest BCUT2D eigenvalue weighted by molar-refractivity contribution is 6.33. The number of likely N-dealkylation sites (tertiary alicyclic amines) is 1. The molecule has 0 radical (unpaired) electrons. The lowest BCUT2D eigenvalue weighted by Crippen LogP contribution is -2.32. The lowest BCUT2D eigenvalue weighted by Gasteiger charge is -2.16. The second-order valence-electron chi connectivity index (χ2n) is 3.86. The molecule has 0 unspecified atom stereocenters. The van der Waals surface area contributed by atoms with Gasteiger partial charge >= 0.3 is 6.03 Å². The number of benzene rings is 1. The Kier molecular flexibility index (Phi) is 3.19. The van der Waals surface area contributed by atoms with Gasteiger partial charge in [-0.3, -0.25) is 0 Å². The zero-order chi connectivity index (χ0) is 11.5. The number of halogens is 1. The fraction of sp³-hybridized carbons (Fsp3) is 0.364. The molecule has 5 heteroatoms. The van der Waals surface area contributed by atoms with E-state index in [2.05, 4.69) is 5.32 Å². The van der Waals surface area contributed by atoms with Crippen LogP contribution in [0.4, 0.5) is 16.2 Å². The normalized spacial score (nSPS) is 15.2. The van der Waals surface area contributed by atoms with Gasteiger partial charge in [0.2, 0.25) is 0 Å². The largest absolute Gasteiger partial charge is 0.398 e. The summed E-state index contributed by atoms with van der Waals surface area (Å²) in [5.41, 5.74) is 6.78. The molecule has 0 spiro atoms. The monoisotopic (exact) mass is 239 g/mol. The van der Waals surface area contributed by atoms with E-state index in [1.165, 1.54) is 0 Å². The van der Waals surface area contributed by atoms with Crippen LogP contribution in [0.25, 0.3) is 0 Å². The summed E-state index contributed by atoms with van der Waals surface area (Å²) < 4.78 is 0. The van der Waals surface area contributed by atoms with Gasteiger partial charge in [-0.25, -0.2) is 4.79 Å². The maximum Gasteiger partial charge on any atom is 0.321 e. The van der Waals surface area contributed by atoms with Crippen LogP contribution in [0.15, 0.2) is 18.2 Å². The molecule has 1 aliphatic rings. The number of urea groups is 1. The van der Waals surface area contributed by atoms with Crippen LogP contribution in [0.5, 0.6) is 0 Å². The highest BCUT2D eigenvalue weighted by atomic mass is 35.5. The molecule has 2 amide bonds. The molecule has 4 nitrogen and oxygen atoms in total. The van der Waals surface area contributed by atoms with Gasteiger partial charge in [0.15, 0.2) is 0 Å². The minimum absolute atomic E-state index is 0.0710. The van der Waals surface area contributed by atoms with E-state index in [4.69, 9.17) is 17.3 Å². The predicted molar refractivity (Wildman–Crippen MR) is 65.7 cm³/mol. The fourth-order valence-electron chi connectivity index (χ4n) is 1.73. The Morgan fingerprint density at radius 3 is 2.69 bits per heavy atom. The van der Waals surface area contributed by atoms with Gasteiger partial charge in [0.1, 0.15) is 0 Å². The lowest BCUT2D eigenvalue weighted by molar-refractivity contribution is 0.222. The zero-order valence-electron chi connectivity index (χ0n) is 8.87. The Hall–Kier alpha value is -1.42. The molecule has 86 valence electrons. The van der Waals surface area contributed by atoms with E-state index < -0.39 is 0 Å². The molecule has 2 rings (SSSR count). The number of hydrogen-bond donors (Lipinski definition) is 2. The van der Waals surface area contributed by atoms with Crippen LogP contribution in [0.3, 0.4) is 0 Å². The van der Waals surface area contributed by atoms with Crippen molar-refractivity contribution in [1.29, 1.82) is 0 Å². The highest BCUT2D eigenvalue weighted by Crippen LogP contribution is 2.23. The third-order valence-corrected chi connectivity index (χ3v) is 2.97. The summed E-state index contributed by atoms with van der Waals surface area (Å²) in [5, 5.41) is 3.26. The Bertz CT molecular complexity index is 402. The summed E-state index contributed by atoms with van der Waals surface area (Å²) in [4.78, 5) is 13.5. The molecule has 0 bridgehead atoms. The van der Waals surface area contributed by atoms with Crippen LogP contribution in [0.1, 0.15) is 12.8 Å². The summed E-state index contributed by atoms with van der Waals surface area (Å²) in [6.45, 7) is 1.66. The van der Waals surface area contributed by atoms with Gasteiger partial charge in [-0.2, -0.15) is 0 Å². The molecule has 0 aliphatic carbocycles. The molecular formula is C11H14ClN3O. The van der Waals surface area contributed by atoms with Gasteiger partial charge in [-0.15, -0.1) is 0 Å². The second-order valence-corrected chi connectivity index (χ2v) is 4.27. The zero-order valence-corrected chi connectivity index (χ0v) is 9.63. The molecule has 1 saturated heterocycles. The second kappa shape index (κ2) is 4.61. The van der Waals surface area contributed by atoms with Crippen LogP contribution in [-0.2, 0) is 0 Å². The first-order chi connectivity index (χ1) is 7.66. The van der Waals surface area contributed by atoms with Gasteiger partial charge in [0.05, 0.1) is 10.7 Å². The van der Waals surface area contributed by atoms with Crippen molar-refractivity contribution in [2.75, 3.05) is 24.1 Å². The average Bonchev–Trinajstić information content (AvgIpc) is 2.77. The van der Waals surface area contributed by atoms with Crippen molar-refractivity contribution < 1.29 is 4.79 Å². The molecular weight excluding hydrogens is 226 g/mol. The number of nitrogens with two attached hydrogens (primary N) is 1. The number of rotatable bonds is 1. The quantitative estimate of drug-likeness (QED) is 0.740. The van der Waals surface area contributed by atoms with Crippen molar-refractivity contribution in [3.05, 3.63) is 23.2 Å². The van der Waals surface area contributed by atoms with E-state index in [1.54, 1.807) is 23.1 Å². The van der Waals surface area contributed by atoms with Gasteiger partial charge in [-0.1, -0.05) is 11.6 Å². The third-order valence-electron chi connectivity index (χ3n) is 2.64. The van der Waals surface area contributed by atoms with Gasteiger partial charge in [0, 0.05) is 18.8 Å². The summed E-state index contributed by atoms with van der Waals surface area (Å²) in [5.74, 6) is 0. The van der Waals surface area contributed by atoms with Crippen LogP contribution in [-0.4, -0.2) is 24.0 Å². The van der Waals surface area contributed by atoms with Crippen molar-refractivity contribution in [1.82, 2.24) is 4.90 Å². The Balaban J connectivity index is 2.02. The van der Waals surface area contributed by atoms with E-state index in [9.17, 15) is 4.79 Å². The number of carbonyl (C=O) groups excluding carboxylic acids is 1. The number of amides is 2. The number of hydrogen-bond acceptors (Lipinski definition) is 2. The molecule has 0 saturated carbocycles. The van der Waals surface area contributed by atoms with Gasteiger partial charge < -0.3 is 16.0 Å². The van der Waals surface area contributed by atoms with E-state index in [0.717, 1.165) is 25.9 Å². The van der Waals surface area contributed by atoms with Crippen molar-refractivity contribution in [3.63, 3.8) is 0 Å². The van der Waals surface area contributed by atoms with E-state index in [0.29, 0.717) is 16.4 Å². The Morgan fingerprint density at radius 2 is 2.06 bits per heavy atom. The molecule has 1 aromatic carbocycles. The number of nitrogens with zero attached hydrogens (tertiary/aromatic N) is 1. The maximum absolute atomic E-state index is 11.8. The number of carbonyl (C=O) groups is 1. The van der Waals surface area contributed by atoms with Crippen LogP contribution in [0.2, 0.25) is 5.02 Å². The summed E-state index contributed by atoms with van der Waals surface area (Å²) >= 11 is 5.87. The standard InChI is InChI=1S/C11H14ClN3O/c12-9-7-8(3-4-10(9)13)14-11(16)15-5-1-2-6-15/h3-4,7H,1-2,5-6,13H2,(H,14,16). The van der Waals surface area contributed by atoms with Crippen molar-refractivity contribution >= 4 is 29.0 Å². The molecule has 1 fully saturated rings. The smallest absolute Gasteiger partial charge is 0.321 e. The Labute approximate surface area is 99.4 Å². The minimum atomic E-state index is -0.0710. The topological polar surface area (TPSA) is 58.4 Å². The van der Waals surface area contributed by atoms with Gasteiger partial charge in [-0.05, 0) is 31.0 Å². The van der Waals surface area contributed by atoms with Crippen LogP contribution in [0, 0.1) is 0 Å². The predicted octanol–water partition coefficient (Wildman–Crippen LogP) is 2.55. The average molecular weight is 240 g/mol. The Morgan fingerprint density at radius 1 is 1.38 bits per heavy atom. The molecule has 3 N–H and O–H groups in total. The lowest BCUT2D eigenvalue weighted by atomic mass is 10.3. The first-order valence-corrected chi connectivity index (χ1v) is 5.65. The van der Waals surface area contributed by atoms with E-state index in [1.807, 2.05) is 0 Å². The first kappa shape index (κ1) is 11.1. The maximum atomic E-state index is 11.8. The molecule has 0 aromatic heterocycles. The minimum Gasteiger partial charge on any atom is -0.398 e. The number of nitrogens with one attached hydrogen (secondary N) is 1. The molecule has 0 atom stereocenters. The summed E-state index contributed by atoms with van der Waals surface area (Å²) in [6, 6.07) is 5.01. The number of nitrogen functional groups attached to an aromatic ring is 1. The van der Waals surface area contributed by atoms with Gasteiger partial charge in [0.25, 0.3) is 0 Å². The molecule has 1 aliphatic heterocycles. The molecule has 16 heavy (non-hydrogen) atoms. The van der Waals surface area contributed by atoms with E-state index in [-0.39, 0.29) is 6.03 Å². The molecule has 1 aromatic rings. The fourth-order valence-corrected chi connectivity index (χ4v) is 1.91.